The monoisotopic (exact) mass is 227 g/mol. The third-order valence-corrected chi connectivity index (χ3v) is 2.12. The van der Waals surface area contributed by atoms with Gasteiger partial charge in [0.05, 0.1) is 6.54 Å². The van der Waals surface area contributed by atoms with Crippen LogP contribution in [0.5, 0.6) is 0 Å². The van der Waals surface area contributed by atoms with Gasteiger partial charge in [-0.2, -0.15) is 5.10 Å². The number of hydrogen-bond donors (Lipinski definition) is 1. The smallest absolute Gasteiger partial charge is 0.166 e. The molecule has 2 rings (SSSR count). The lowest BCUT2D eigenvalue weighted by Gasteiger charge is -2.05. The Morgan fingerprint density at radius 1 is 1.12 bits per heavy atom. The number of anilines is 1. The third kappa shape index (κ3) is 1.86. The van der Waals surface area contributed by atoms with Crippen LogP contribution in [0.2, 0.25) is 0 Å². The molecular weight excluding hydrogens is 219 g/mol. The average Bonchev–Trinajstić information content (AvgIpc) is 2.65. The quantitative estimate of drug-likeness (QED) is 0.796. The van der Waals surface area contributed by atoms with Crippen LogP contribution >= 0.6 is 0 Å². The Balaban J connectivity index is 2.37. The lowest BCUT2D eigenvalue weighted by atomic mass is 10.2. The topological polar surface area (TPSA) is 43.8 Å². The number of rotatable bonds is 2. The van der Waals surface area contributed by atoms with Crippen LogP contribution in [0.15, 0.2) is 24.4 Å². The molecule has 0 bridgehead atoms. The van der Waals surface area contributed by atoms with Crippen LogP contribution in [0.25, 0.3) is 0 Å². The maximum atomic E-state index is 13.3. The summed E-state index contributed by atoms with van der Waals surface area (Å²) in [5.74, 6) is -2.87. The normalized spacial score (nSPS) is 10.7. The number of nitrogens with two attached hydrogens (primary N) is 1. The lowest BCUT2D eigenvalue weighted by molar-refractivity contribution is 0.470. The standard InChI is InChI=1S/C10H8F3N3/c11-7-1-2-8(12)10(13)6(7)5-16-4-3-9(14)15-16/h1-4H,5H2,(H2,14,15). The second kappa shape index (κ2) is 3.88. The predicted molar refractivity (Wildman–Crippen MR) is 52.1 cm³/mol. The van der Waals surface area contributed by atoms with Crippen molar-refractivity contribution in [1.29, 1.82) is 0 Å². The number of nitrogen functional groups attached to an aromatic ring is 1. The molecule has 0 aliphatic rings. The molecule has 1 aromatic carbocycles. The fourth-order valence-corrected chi connectivity index (χ4v) is 1.34. The van der Waals surface area contributed by atoms with Crippen LogP contribution in [0.1, 0.15) is 5.56 Å². The van der Waals surface area contributed by atoms with Crippen molar-refractivity contribution in [3.63, 3.8) is 0 Å². The lowest BCUT2D eigenvalue weighted by Crippen LogP contribution is -2.07. The van der Waals surface area contributed by atoms with E-state index >= 15 is 0 Å². The first kappa shape index (κ1) is 10.5. The Morgan fingerprint density at radius 3 is 2.44 bits per heavy atom. The molecule has 0 saturated heterocycles. The van der Waals surface area contributed by atoms with E-state index in [4.69, 9.17) is 5.73 Å². The van der Waals surface area contributed by atoms with Gasteiger partial charge in [0.1, 0.15) is 11.6 Å². The summed E-state index contributed by atoms with van der Waals surface area (Å²) in [4.78, 5) is 0. The van der Waals surface area contributed by atoms with Crippen molar-refractivity contribution in [3.05, 3.63) is 47.4 Å². The van der Waals surface area contributed by atoms with E-state index in [9.17, 15) is 13.2 Å². The van der Waals surface area contributed by atoms with Gasteiger partial charge in [0.25, 0.3) is 0 Å². The van der Waals surface area contributed by atoms with Crippen LogP contribution in [-0.2, 0) is 6.54 Å². The van der Waals surface area contributed by atoms with Crippen LogP contribution in [0.4, 0.5) is 19.0 Å². The molecule has 84 valence electrons. The van der Waals surface area contributed by atoms with Crippen LogP contribution < -0.4 is 5.73 Å². The first-order chi connectivity index (χ1) is 7.58. The highest BCUT2D eigenvalue weighted by molar-refractivity contribution is 5.25. The maximum absolute atomic E-state index is 13.3. The van der Waals surface area contributed by atoms with Gasteiger partial charge in [0.15, 0.2) is 11.6 Å². The highest BCUT2D eigenvalue weighted by Crippen LogP contribution is 2.16. The van der Waals surface area contributed by atoms with Gasteiger partial charge in [0.2, 0.25) is 0 Å². The van der Waals surface area contributed by atoms with E-state index in [2.05, 4.69) is 5.10 Å². The SMILES string of the molecule is Nc1ccn(Cc2c(F)ccc(F)c2F)n1. The average molecular weight is 227 g/mol. The molecule has 0 saturated carbocycles. The Bertz CT molecular complexity index is 522. The van der Waals surface area contributed by atoms with E-state index in [0.29, 0.717) is 0 Å². The van der Waals surface area contributed by atoms with E-state index in [1.807, 2.05) is 0 Å². The zero-order valence-corrected chi connectivity index (χ0v) is 8.12. The molecule has 2 N–H and O–H groups in total. The molecule has 2 aromatic rings. The van der Waals surface area contributed by atoms with Crippen molar-refractivity contribution in [2.24, 2.45) is 0 Å². The molecule has 1 aromatic heterocycles. The summed E-state index contributed by atoms with van der Waals surface area (Å²) < 4.78 is 40.6. The highest BCUT2D eigenvalue weighted by Gasteiger charge is 2.14. The van der Waals surface area contributed by atoms with Crippen molar-refractivity contribution >= 4 is 5.82 Å². The zero-order chi connectivity index (χ0) is 11.7. The number of benzene rings is 1. The molecule has 0 amide bonds. The Hall–Kier alpha value is -1.98. The summed E-state index contributed by atoms with van der Waals surface area (Å²) >= 11 is 0. The molecule has 0 spiro atoms. The van der Waals surface area contributed by atoms with Crippen molar-refractivity contribution in [2.75, 3.05) is 5.73 Å². The minimum Gasteiger partial charge on any atom is -0.382 e. The van der Waals surface area contributed by atoms with Gasteiger partial charge in [0, 0.05) is 11.8 Å². The second-order valence-corrected chi connectivity index (χ2v) is 3.26. The van der Waals surface area contributed by atoms with E-state index in [-0.39, 0.29) is 17.9 Å². The summed E-state index contributed by atoms with van der Waals surface area (Å²) in [7, 11) is 0. The van der Waals surface area contributed by atoms with Crippen LogP contribution in [0.3, 0.4) is 0 Å². The molecule has 0 atom stereocenters. The van der Waals surface area contributed by atoms with E-state index in [0.717, 1.165) is 12.1 Å². The Kier molecular flexibility index (Phi) is 2.55. The summed E-state index contributed by atoms with van der Waals surface area (Å²) in [6.07, 6.45) is 1.46. The number of halogens is 3. The predicted octanol–water partition coefficient (Wildman–Crippen LogP) is 1.93. The van der Waals surface area contributed by atoms with Gasteiger partial charge >= 0.3 is 0 Å². The van der Waals surface area contributed by atoms with Gasteiger partial charge in [-0.25, -0.2) is 13.2 Å². The van der Waals surface area contributed by atoms with Gasteiger partial charge in [-0.3, -0.25) is 4.68 Å². The molecule has 0 aliphatic heterocycles. The molecular formula is C10H8F3N3. The van der Waals surface area contributed by atoms with E-state index in [1.54, 1.807) is 0 Å². The molecule has 0 radical (unpaired) electrons. The van der Waals surface area contributed by atoms with Crippen molar-refractivity contribution in [3.8, 4) is 0 Å². The third-order valence-electron chi connectivity index (χ3n) is 2.12. The number of aromatic nitrogens is 2. The van der Waals surface area contributed by atoms with E-state index in [1.165, 1.54) is 16.9 Å². The molecule has 6 heteroatoms. The number of hydrogen-bond acceptors (Lipinski definition) is 2. The largest absolute Gasteiger partial charge is 0.382 e. The summed E-state index contributed by atoms with van der Waals surface area (Å²) in [5.41, 5.74) is 4.97. The molecule has 1 heterocycles. The van der Waals surface area contributed by atoms with Gasteiger partial charge < -0.3 is 5.73 Å². The summed E-state index contributed by atoms with van der Waals surface area (Å²) in [5, 5.41) is 3.76. The van der Waals surface area contributed by atoms with Crippen molar-refractivity contribution in [2.45, 2.75) is 6.54 Å². The molecule has 0 aliphatic carbocycles. The highest BCUT2D eigenvalue weighted by atomic mass is 19.2. The molecule has 0 unspecified atom stereocenters. The second-order valence-electron chi connectivity index (χ2n) is 3.26. The number of nitrogens with zero attached hydrogens (tertiary/aromatic N) is 2. The molecule has 16 heavy (non-hydrogen) atoms. The minimum atomic E-state index is -1.20. The van der Waals surface area contributed by atoms with Gasteiger partial charge in [-0.1, -0.05) is 0 Å². The Labute approximate surface area is 89.3 Å². The zero-order valence-electron chi connectivity index (χ0n) is 8.12. The maximum Gasteiger partial charge on any atom is 0.166 e. The molecule has 3 nitrogen and oxygen atoms in total. The van der Waals surface area contributed by atoms with Crippen molar-refractivity contribution in [1.82, 2.24) is 9.78 Å². The summed E-state index contributed by atoms with van der Waals surface area (Å²) in [6, 6.07) is 3.10. The summed E-state index contributed by atoms with van der Waals surface area (Å²) in [6.45, 7) is -0.202. The first-order valence-electron chi connectivity index (χ1n) is 4.49. The van der Waals surface area contributed by atoms with Gasteiger partial charge in [-0.15, -0.1) is 0 Å². The van der Waals surface area contributed by atoms with Crippen LogP contribution in [-0.4, -0.2) is 9.78 Å². The van der Waals surface area contributed by atoms with Crippen molar-refractivity contribution < 1.29 is 13.2 Å². The van der Waals surface area contributed by atoms with Crippen LogP contribution in [0, 0.1) is 17.5 Å². The Morgan fingerprint density at radius 2 is 1.81 bits per heavy atom. The fourth-order valence-electron chi connectivity index (χ4n) is 1.34. The minimum absolute atomic E-state index is 0.202. The fraction of sp³-hybridized carbons (Fsp3) is 0.100. The van der Waals surface area contributed by atoms with E-state index < -0.39 is 17.5 Å². The first-order valence-corrected chi connectivity index (χ1v) is 4.49. The van der Waals surface area contributed by atoms with Gasteiger partial charge in [-0.05, 0) is 18.2 Å². The molecule has 0 fully saturated rings.